The maximum absolute atomic E-state index is 13.2. The van der Waals surface area contributed by atoms with Crippen molar-refractivity contribution in [3.63, 3.8) is 0 Å². The van der Waals surface area contributed by atoms with Crippen molar-refractivity contribution in [2.24, 2.45) is 0 Å². The van der Waals surface area contributed by atoms with E-state index in [1.54, 1.807) is 12.1 Å². The van der Waals surface area contributed by atoms with Crippen LogP contribution in [0.25, 0.3) is 0 Å². The van der Waals surface area contributed by atoms with Crippen molar-refractivity contribution in [3.05, 3.63) is 70.5 Å². The van der Waals surface area contributed by atoms with Crippen molar-refractivity contribution < 1.29 is 9.18 Å². The molecule has 1 amide bonds. The van der Waals surface area contributed by atoms with E-state index < -0.39 is 0 Å². The highest BCUT2D eigenvalue weighted by Crippen LogP contribution is 2.18. The molecule has 0 aromatic heterocycles. The summed E-state index contributed by atoms with van der Waals surface area (Å²) in [5, 5.41) is 0.780. The number of amides is 1. The first-order valence-electron chi connectivity index (χ1n) is 8.10. The van der Waals surface area contributed by atoms with Gasteiger partial charge in [-0.2, -0.15) is 0 Å². The van der Waals surface area contributed by atoms with Crippen molar-refractivity contribution in [2.45, 2.75) is 13.0 Å². The molecular weight excluding hydrogens is 327 g/mol. The monoisotopic (exact) mass is 346 g/mol. The summed E-state index contributed by atoms with van der Waals surface area (Å²) in [7, 11) is 0. The van der Waals surface area contributed by atoms with E-state index in [0.29, 0.717) is 13.1 Å². The van der Waals surface area contributed by atoms with Crippen LogP contribution in [0.5, 0.6) is 0 Å². The molecule has 3 nitrogen and oxygen atoms in total. The number of hydrogen-bond acceptors (Lipinski definition) is 2. The van der Waals surface area contributed by atoms with Crippen molar-refractivity contribution >= 4 is 17.5 Å². The highest BCUT2D eigenvalue weighted by Gasteiger charge is 2.21. The van der Waals surface area contributed by atoms with Gasteiger partial charge in [0.2, 0.25) is 5.91 Å². The Balaban J connectivity index is 1.51. The molecule has 1 fully saturated rings. The summed E-state index contributed by atoms with van der Waals surface area (Å²) < 4.78 is 13.2. The van der Waals surface area contributed by atoms with Crippen LogP contribution < -0.4 is 0 Å². The normalized spacial score (nSPS) is 15.5. The maximum atomic E-state index is 13.2. The molecular formula is C19H20ClFN2O. The summed E-state index contributed by atoms with van der Waals surface area (Å²) in [5.74, 6) is -0.247. The summed E-state index contributed by atoms with van der Waals surface area (Å²) in [4.78, 5) is 16.5. The lowest BCUT2D eigenvalue weighted by atomic mass is 10.1. The predicted molar refractivity (Wildman–Crippen MR) is 93.4 cm³/mol. The average molecular weight is 347 g/mol. The molecule has 0 atom stereocenters. The van der Waals surface area contributed by atoms with E-state index in [1.807, 2.05) is 29.2 Å². The molecule has 0 aliphatic carbocycles. The lowest BCUT2D eigenvalue weighted by Gasteiger charge is -2.35. The average Bonchev–Trinajstić information content (AvgIpc) is 2.57. The number of carbonyl (C=O) groups excluding carboxylic acids is 1. The number of rotatable bonds is 4. The molecule has 5 heteroatoms. The van der Waals surface area contributed by atoms with Gasteiger partial charge in [0.05, 0.1) is 6.42 Å². The first kappa shape index (κ1) is 16.9. The number of nitrogens with zero attached hydrogens (tertiary/aromatic N) is 2. The molecule has 3 rings (SSSR count). The molecule has 2 aromatic carbocycles. The smallest absolute Gasteiger partial charge is 0.227 e. The van der Waals surface area contributed by atoms with Gasteiger partial charge in [0.15, 0.2) is 0 Å². The van der Waals surface area contributed by atoms with Gasteiger partial charge in [-0.25, -0.2) is 4.39 Å². The van der Waals surface area contributed by atoms with E-state index in [4.69, 9.17) is 11.6 Å². The number of halogens is 2. The summed E-state index contributed by atoms with van der Waals surface area (Å²) in [6.07, 6.45) is 0.252. The zero-order valence-corrected chi connectivity index (χ0v) is 14.2. The molecule has 0 saturated carbocycles. The van der Waals surface area contributed by atoms with Crippen LogP contribution in [-0.4, -0.2) is 41.9 Å². The van der Waals surface area contributed by atoms with Gasteiger partial charge < -0.3 is 4.90 Å². The number of benzene rings is 2. The van der Waals surface area contributed by atoms with Crippen LogP contribution in [0.2, 0.25) is 5.02 Å². The first-order chi connectivity index (χ1) is 11.6. The molecule has 1 aliphatic heterocycles. The SMILES string of the molecule is O=C(Cc1cccc(F)c1)N1CCN(Cc2ccccc2Cl)CC1. The van der Waals surface area contributed by atoms with Gasteiger partial charge in [0.25, 0.3) is 0 Å². The highest BCUT2D eigenvalue weighted by atomic mass is 35.5. The molecule has 1 aliphatic rings. The first-order valence-corrected chi connectivity index (χ1v) is 8.47. The van der Waals surface area contributed by atoms with Crippen LogP contribution in [0.1, 0.15) is 11.1 Å². The minimum absolute atomic E-state index is 0.0537. The molecule has 1 heterocycles. The van der Waals surface area contributed by atoms with Crippen LogP contribution in [0.15, 0.2) is 48.5 Å². The van der Waals surface area contributed by atoms with Crippen molar-refractivity contribution in [3.8, 4) is 0 Å². The molecule has 24 heavy (non-hydrogen) atoms. The van der Waals surface area contributed by atoms with Crippen LogP contribution in [0.3, 0.4) is 0 Å². The molecule has 0 spiro atoms. The van der Waals surface area contributed by atoms with Crippen molar-refractivity contribution in [2.75, 3.05) is 26.2 Å². The van der Waals surface area contributed by atoms with E-state index in [1.165, 1.54) is 12.1 Å². The molecule has 126 valence electrons. The summed E-state index contributed by atoms with van der Waals surface area (Å²) in [5.41, 5.74) is 1.83. The number of piperazine rings is 1. The largest absolute Gasteiger partial charge is 0.340 e. The standard InChI is InChI=1S/C19H20ClFN2O/c20-18-7-2-1-5-16(18)14-22-8-10-23(11-9-22)19(24)13-15-4-3-6-17(21)12-15/h1-7,12H,8-11,13-14H2. The quantitative estimate of drug-likeness (QED) is 0.847. The molecule has 0 unspecified atom stereocenters. The Morgan fingerprint density at radius 2 is 1.79 bits per heavy atom. The highest BCUT2D eigenvalue weighted by molar-refractivity contribution is 6.31. The fraction of sp³-hybridized carbons (Fsp3) is 0.316. The lowest BCUT2D eigenvalue weighted by Crippen LogP contribution is -2.48. The Morgan fingerprint density at radius 1 is 1.04 bits per heavy atom. The zero-order chi connectivity index (χ0) is 16.9. The van der Waals surface area contributed by atoms with E-state index in [9.17, 15) is 9.18 Å². The second kappa shape index (κ2) is 7.77. The Kier molecular flexibility index (Phi) is 5.48. The fourth-order valence-corrected chi connectivity index (χ4v) is 3.15. The van der Waals surface area contributed by atoms with Gasteiger partial charge in [0, 0.05) is 37.7 Å². The van der Waals surface area contributed by atoms with Gasteiger partial charge in [0.1, 0.15) is 5.82 Å². The second-order valence-corrected chi connectivity index (χ2v) is 6.46. The van der Waals surface area contributed by atoms with Gasteiger partial charge in [-0.1, -0.05) is 41.9 Å². The third kappa shape index (κ3) is 4.34. The summed E-state index contributed by atoms with van der Waals surface area (Å²) in [6, 6.07) is 14.1. The number of hydrogen-bond donors (Lipinski definition) is 0. The Labute approximate surface area is 146 Å². The Morgan fingerprint density at radius 3 is 2.50 bits per heavy atom. The van der Waals surface area contributed by atoms with Crippen LogP contribution in [0.4, 0.5) is 4.39 Å². The topological polar surface area (TPSA) is 23.6 Å². The molecule has 1 saturated heterocycles. The lowest BCUT2D eigenvalue weighted by molar-refractivity contribution is -0.132. The summed E-state index contributed by atoms with van der Waals surface area (Å²) >= 11 is 6.20. The molecule has 0 bridgehead atoms. The summed E-state index contributed by atoms with van der Waals surface area (Å²) in [6.45, 7) is 3.82. The van der Waals surface area contributed by atoms with Crippen LogP contribution in [-0.2, 0) is 17.8 Å². The maximum Gasteiger partial charge on any atom is 0.227 e. The Bertz CT molecular complexity index is 714. The molecule has 2 aromatic rings. The van der Waals surface area contributed by atoms with E-state index in [-0.39, 0.29) is 18.1 Å². The van der Waals surface area contributed by atoms with Crippen LogP contribution in [0, 0.1) is 5.82 Å². The molecule has 0 N–H and O–H groups in total. The minimum Gasteiger partial charge on any atom is -0.340 e. The van der Waals surface area contributed by atoms with Gasteiger partial charge in [-0.3, -0.25) is 9.69 Å². The Hall–Kier alpha value is -1.91. The van der Waals surface area contributed by atoms with E-state index >= 15 is 0 Å². The molecule has 0 radical (unpaired) electrons. The number of carbonyl (C=O) groups is 1. The second-order valence-electron chi connectivity index (χ2n) is 6.06. The third-order valence-corrected chi connectivity index (χ3v) is 4.69. The van der Waals surface area contributed by atoms with Crippen LogP contribution >= 0.6 is 11.6 Å². The van der Waals surface area contributed by atoms with Gasteiger partial charge in [-0.15, -0.1) is 0 Å². The van der Waals surface area contributed by atoms with Crippen molar-refractivity contribution in [1.82, 2.24) is 9.80 Å². The van der Waals surface area contributed by atoms with Gasteiger partial charge in [-0.05, 0) is 29.3 Å². The third-order valence-electron chi connectivity index (χ3n) is 4.32. The minimum atomic E-state index is -0.301. The zero-order valence-electron chi connectivity index (χ0n) is 13.4. The fourth-order valence-electron chi connectivity index (χ4n) is 2.96. The van der Waals surface area contributed by atoms with Gasteiger partial charge >= 0.3 is 0 Å². The van der Waals surface area contributed by atoms with Crippen molar-refractivity contribution in [1.29, 1.82) is 0 Å². The van der Waals surface area contributed by atoms with E-state index in [2.05, 4.69) is 4.90 Å². The van der Waals surface area contributed by atoms with E-state index in [0.717, 1.165) is 35.8 Å². The predicted octanol–water partition coefficient (Wildman–Crippen LogP) is 3.37.